The summed E-state index contributed by atoms with van der Waals surface area (Å²) in [6.45, 7) is 1.77. The molecule has 14 heavy (non-hydrogen) atoms. The van der Waals surface area contributed by atoms with Gasteiger partial charge >= 0.3 is 5.97 Å². The van der Waals surface area contributed by atoms with Crippen LogP contribution in [-0.2, 0) is 0 Å². The number of rotatable bonds is 1. The summed E-state index contributed by atoms with van der Waals surface area (Å²) in [5, 5.41) is 17.6. The van der Waals surface area contributed by atoms with Gasteiger partial charge in [0.15, 0.2) is 0 Å². The van der Waals surface area contributed by atoms with Gasteiger partial charge in [-0.2, -0.15) is 0 Å². The second-order valence-electron chi connectivity index (χ2n) is 3.03. The van der Waals surface area contributed by atoms with Gasteiger partial charge in [-0.3, -0.25) is 0 Å². The van der Waals surface area contributed by atoms with Gasteiger partial charge in [0.2, 0.25) is 0 Å². The van der Waals surface area contributed by atoms with Gasteiger partial charge in [-0.05, 0) is 25.5 Å². The average molecular weight is 192 g/mol. The molecular weight excluding hydrogens is 180 g/mol. The summed E-state index contributed by atoms with van der Waals surface area (Å²) in [5.74, 6) is -1.30. The highest BCUT2D eigenvalue weighted by atomic mass is 16.4. The molecule has 0 atom stereocenters. The molecule has 1 aliphatic rings. The predicted molar refractivity (Wildman–Crippen MR) is 53.6 cm³/mol. The molecular formula is C11H12O3. The quantitative estimate of drug-likeness (QED) is 0.671. The van der Waals surface area contributed by atoms with Crippen LogP contribution in [0.25, 0.3) is 0 Å². The van der Waals surface area contributed by atoms with Crippen molar-refractivity contribution in [2.45, 2.75) is 13.3 Å². The SMILES string of the molecule is C1=CC1.Cc1ccc(O)c(C(=O)O)c1. The normalized spacial score (nSPS) is 11.5. The van der Waals surface area contributed by atoms with Crippen LogP contribution in [0.1, 0.15) is 22.3 Å². The third-order valence-corrected chi connectivity index (χ3v) is 1.62. The highest BCUT2D eigenvalue weighted by Gasteiger charge is 2.07. The molecule has 0 bridgehead atoms. The average Bonchev–Trinajstić information content (AvgIpc) is 2.95. The number of benzene rings is 1. The van der Waals surface area contributed by atoms with Crippen molar-refractivity contribution in [3.63, 3.8) is 0 Å². The molecule has 0 fully saturated rings. The highest BCUT2D eigenvalue weighted by Crippen LogP contribution is 2.17. The van der Waals surface area contributed by atoms with Crippen LogP contribution in [0.2, 0.25) is 0 Å². The fraction of sp³-hybridized carbons (Fsp3) is 0.182. The number of hydrogen-bond donors (Lipinski definition) is 2. The first-order valence-corrected chi connectivity index (χ1v) is 4.29. The molecule has 0 unspecified atom stereocenters. The number of phenols is 1. The van der Waals surface area contributed by atoms with Gasteiger partial charge in [-0.1, -0.05) is 23.8 Å². The van der Waals surface area contributed by atoms with Crippen molar-refractivity contribution in [2.75, 3.05) is 0 Å². The van der Waals surface area contributed by atoms with Crippen LogP contribution in [0.15, 0.2) is 30.4 Å². The Bertz CT molecular complexity index is 363. The minimum absolute atomic E-state index is 0.0509. The number of hydrogen-bond acceptors (Lipinski definition) is 2. The molecule has 0 radical (unpaired) electrons. The molecule has 0 spiro atoms. The lowest BCUT2D eigenvalue weighted by molar-refractivity contribution is 0.0693. The van der Waals surface area contributed by atoms with Crippen molar-refractivity contribution in [1.82, 2.24) is 0 Å². The zero-order valence-electron chi connectivity index (χ0n) is 7.90. The van der Waals surface area contributed by atoms with Gasteiger partial charge in [-0.25, -0.2) is 4.79 Å². The lowest BCUT2D eigenvalue weighted by atomic mass is 10.1. The van der Waals surface area contributed by atoms with E-state index in [0.29, 0.717) is 0 Å². The molecule has 2 rings (SSSR count). The van der Waals surface area contributed by atoms with E-state index >= 15 is 0 Å². The van der Waals surface area contributed by atoms with E-state index in [1.165, 1.54) is 18.6 Å². The van der Waals surface area contributed by atoms with E-state index < -0.39 is 5.97 Å². The summed E-state index contributed by atoms with van der Waals surface area (Å²) >= 11 is 0. The van der Waals surface area contributed by atoms with Gasteiger partial charge in [0.05, 0.1) is 0 Å². The Kier molecular flexibility index (Phi) is 3.29. The molecule has 1 aliphatic carbocycles. The molecule has 3 nitrogen and oxygen atoms in total. The Balaban J connectivity index is 0.000000276. The van der Waals surface area contributed by atoms with E-state index in [-0.39, 0.29) is 11.3 Å². The van der Waals surface area contributed by atoms with Crippen LogP contribution in [-0.4, -0.2) is 16.2 Å². The molecule has 74 valence electrons. The predicted octanol–water partition coefficient (Wildman–Crippen LogP) is 2.35. The maximum Gasteiger partial charge on any atom is 0.339 e. The standard InChI is InChI=1S/C8H8O3.C3H4/c1-5-2-3-7(9)6(4-5)8(10)11;1-2-3-1/h2-4,9H,1H3,(H,10,11);1-2H,3H2. The van der Waals surface area contributed by atoms with Gasteiger partial charge in [-0.15, -0.1) is 0 Å². The summed E-state index contributed by atoms with van der Waals surface area (Å²) in [5.41, 5.74) is 0.769. The number of aromatic hydroxyl groups is 1. The van der Waals surface area contributed by atoms with E-state index in [0.717, 1.165) is 5.56 Å². The van der Waals surface area contributed by atoms with Crippen molar-refractivity contribution in [2.24, 2.45) is 0 Å². The maximum atomic E-state index is 10.4. The summed E-state index contributed by atoms with van der Waals surface area (Å²) in [6, 6.07) is 4.46. The first-order valence-electron chi connectivity index (χ1n) is 4.29. The molecule has 0 saturated heterocycles. The Morgan fingerprint density at radius 2 is 1.93 bits per heavy atom. The lowest BCUT2D eigenvalue weighted by Gasteiger charge is -1.98. The second-order valence-corrected chi connectivity index (χ2v) is 3.03. The fourth-order valence-electron chi connectivity index (χ4n) is 0.821. The Hall–Kier alpha value is -1.77. The maximum absolute atomic E-state index is 10.4. The third-order valence-electron chi connectivity index (χ3n) is 1.62. The Morgan fingerprint density at radius 1 is 1.36 bits per heavy atom. The minimum Gasteiger partial charge on any atom is -0.507 e. The molecule has 0 aromatic heterocycles. The van der Waals surface area contributed by atoms with Crippen LogP contribution in [0, 0.1) is 6.92 Å². The molecule has 1 aromatic carbocycles. The van der Waals surface area contributed by atoms with Crippen LogP contribution < -0.4 is 0 Å². The monoisotopic (exact) mass is 192 g/mol. The Morgan fingerprint density at radius 3 is 2.29 bits per heavy atom. The molecule has 0 saturated carbocycles. The summed E-state index contributed by atoms with van der Waals surface area (Å²) in [4.78, 5) is 10.4. The van der Waals surface area contributed by atoms with E-state index in [2.05, 4.69) is 12.2 Å². The molecule has 3 heteroatoms. The van der Waals surface area contributed by atoms with E-state index in [1.807, 2.05) is 0 Å². The minimum atomic E-state index is -1.11. The van der Waals surface area contributed by atoms with Crippen LogP contribution in [0.3, 0.4) is 0 Å². The van der Waals surface area contributed by atoms with Gasteiger partial charge in [0, 0.05) is 0 Å². The van der Waals surface area contributed by atoms with Crippen molar-refractivity contribution in [3.8, 4) is 5.75 Å². The van der Waals surface area contributed by atoms with Crippen molar-refractivity contribution in [1.29, 1.82) is 0 Å². The molecule has 1 aromatic rings. The lowest BCUT2D eigenvalue weighted by Crippen LogP contribution is -1.96. The topological polar surface area (TPSA) is 57.5 Å². The van der Waals surface area contributed by atoms with Gasteiger partial charge < -0.3 is 10.2 Å². The van der Waals surface area contributed by atoms with Crippen molar-refractivity contribution >= 4 is 5.97 Å². The zero-order chi connectivity index (χ0) is 10.6. The number of carboxylic acids is 1. The molecule has 2 N–H and O–H groups in total. The largest absolute Gasteiger partial charge is 0.507 e. The van der Waals surface area contributed by atoms with Crippen LogP contribution in [0.4, 0.5) is 0 Å². The van der Waals surface area contributed by atoms with E-state index in [1.54, 1.807) is 13.0 Å². The third kappa shape index (κ3) is 3.31. The van der Waals surface area contributed by atoms with Crippen molar-refractivity contribution in [3.05, 3.63) is 41.5 Å². The number of aryl methyl sites for hydroxylation is 1. The zero-order valence-corrected chi connectivity index (χ0v) is 7.90. The second kappa shape index (κ2) is 4.46. The first kappa shape index (κ1) is 10.3. The van der Waals surface area contributed by atoms with E-state index in [4.69, 9.17) is 10.2 Å². The number of carboxylic acid groups (broad SMARTS) is 1. The summed E-state index contributed by atoms with van der Waals surface area (Å²) in [7, 11) is 0. The van der Waals surface area contributed by atoms with Crippen LogP contribution >= 0.6 is 0 Å². The summed E-state index contributed by atoms with van der Waals surface area (Å²) < 4.78 is 0. The van der Waals surface area contributed by atoms with Crippen LogP contribution in [0.5, 0.6) is 5.75 Å². The highest BCUT2D eigenvalue weighted by molar-refractivity contribution is 5.90. The fourth-order valence-corrected chi connectivity index (χ4v) is 0.821. The Labute approximate surface area is 82.3 Å². The van der Waals surface area contributed by atoms with Gasteiger partial charge in [0.25, 0.3) is 0 Å². The molecule has 0 aliphatic heterocycles. The smallest absolute Gasteiger partial charge is 0.339 e. The van der Waals surface area contributed by atoms with Crippen molar-refractivity contribution < 1.29 is 15.0 Å². The number of allylic oxidation sites excluding steroid dienone is 2. The van der Waals surface area contributed by atoms with Gasteiger partial charge in [0.1, 0.15) is 11.3 Å². The molecule has 0 heterocycles. The summed E-state index contributed by atoms with van der Waals surface area (Å²) in [6.07, 6.45) is 5.50. The van der Waals surface area contributed by atoms with E-state index in [9.17, 15) is 4.79 Å². The number of carbonyl (C=O) groups is 1. The number of aromatic carboxylic acids is 1. The first-order chi connectivity index (χ1) is 6.61. The molecule has 0 amide bonds.